The Balaban J connectivity index is 1.81. The normalized spacial score (nSPS) is 20.4. The van der Waals surface area contributed by atoms with Gasteiger partial charge in [0, 0.05) is 27.9 Å². The smallest absolute Gasteiger partial charge is 0.250 e. The summed E-state index contributed by atoms with van der Waals surface area (Å²) in [7, 11) is 0.968. The molecular formula is C23H29N3O3S2. The van der Waals surface area contributed by atoms with Crippen molar-refractivity contribution in [3.8, 4) is 10.4 Å². The van der Waals surface area contributed by atoms with Gasteiger partial charge in [0.1, 0.15) is 0 Å². The van der Waals surface area contributed by atoms with E-state index in [0.29, 0.717) is 18.4 Å². The van der Waals surface area contributed by atoms with Crippen LogP contribution in [0.4, 0.5) is 0 Å². The van der Waals surface area contributed by atoms with E-state index in [1.54, 1.807) is 11.3 Å². The third kappa shape index (κ3) is 4.04. The van der Waals surface area contributed by atoms with Crippen LogP contribution in [-0.4, -0.2) is 48.8 Å². The lowest BCUT2D eigenvalue weighted by molar-refractivity contribution is 0.100. The topological polar surface area (TPSA) is 96.3 Å². The van der Waals surface area contributed by atoms with Crippen molar-refractivity contribution < 1.29 is 13.2 Å². The molecule has 0 saturated carbocycles. The fourth-order valence-corrected chi connectivity index (χ4v) is 7.23. The van der Waals surface area contributed by atoms with Gasteiger partial charge in [-0.1, -0.05) is 0 Å². The van der Waals surface area contributed by atoms with Crippen molar-refractivity contribution in [3.05, 3.63) is 46.5 Å². The average molecular weight is 460 g/mol. The number of hydrogen-bond acceptors (Lipinski definition) is 5. The summed E-state index contributed by atoms with van der Waals surface area (Å²) >= 11 is 1.70. The van der Waals surface area contributed by atoms with Gasteiger partial charge in [0.25, 0.3) is 5.91 Å². The predicted octanol–water partition coefficient (Wildman–Crippen LogP) is 4.13. The molecule has 3 aromatic rings. The van der Waals surface area contributed by atoms with Crippen LogP contribution in [-0.2, 0) is 16.4 Å². The highest BCUT2D eigenvalue weighted by molar-refractivity contribution is 7.92. The van der Waals surface area contributed by atoms with Gasteiger partial charge in [0.2, 0.25) is 0 Å². The number of nitrogens with one attached hydrogen (secondary N) is 1. The SMILES string of the molecule is CN(C)Cc1ccc(-c2cc(C(N)=O)c3[nH]cc(C4CCS(=O)(=O)C(C)(C)C4)c3c2)s1. The Labute approximate surface area is 187 Å². The van der Waals surface area contributed by atoms with Crippen LogP contribution in [0.3, 0.4) is 0 Å². The van der Waals surface area contributed by atoms with E-state index < -0.39 is 20.5 Å². The number of amides is 1. The highest BCUT2D eigenvalue weighted by Crippen LogP contribution is 2.43. The average Bonchev–Trinajstić information content (AvgIpc) is 3.29. The van der Waals surface area contributed by atoms with Crippen LogP contribution in [0.5, 0.6) is 0 Å². The van der Waals surface area contributed by atoms with Crippen molar-refractivity contribution in [2.45, 2.75) is 43.9 Å². The Morgan fingerprint density at radius 3 is 2.68 bits per heavy atom. The van der Waals surface area contributed by atoms with Crippen molar-refractivity contribution >= 4 is 38.0 Å². The molecule has 0 aliphatic carbocycles. The van der Waals surface area contributed by atoms with E-state index in [-0.39, 0.29) is 11.7 Å². The largest absolute Gasteiger partial charge is 0.366 e. The van der Waals surface area contributed by atoms with Crippen LogP contribution in [0.2, 0.25) is 0 Å². The number of carbonyl (C=O) groups is 1. The summed E-state index contributed by atoms with van der Waals surface area (Å²) in [4.78, 5) is 19.9. The van der Waals surface area contributed by atoms with Crippen LogP contribution >= 0.6 is 11.3 Å². The van der Waals surface area contributed by atoms with Crippen molar-refractivity contribution in [2.75, 3.05) is 19.8 Å². The third-order valence-corrected chi connectivity index (χ3v) is 10.0. The van der Waals surface area contributed by atoms with E-state index in [9.17, 15) is 13.2 Å². The Bertz CT molecular complexity index is 1250. The number of aromatic nitrogens is 1. The number of carbonyl (C=O) groups excluding carboxylic acids is 1. The lowest BCUT2D eigenvalue weighted by atomic mass is 9.86. The van der Waals surface area contributed by atoms with Gasteiger partial charge in [-0.3, -0.25) is 4.79 Å². The van der Waals surface area contributed by atoms with Crippen molar-refractivity contribution in [3.63, 3.8) is 0 Å². The molecule has 0 radical (unpaired) electrons. The van der Waals surface area contributed by atoms with Gasteiger partial charge in [-0.15, -0.1) is 11.3 Å². The minimum Gasteiger partial charge on any atom is -0.366 e. The number of hydrogen-bond donors (Lipinski definition) is 2. The Hall–Kier alpha value is -2.16. The van der Waals surface area contributed by atoms with Gasteiger partial charge in [-0.05, 0) is 82.1 Å². The van der Waals surface area contributed by atoms with E-state index in [2.05, 4.69) is 28.1 Å². The van der Waals surface area contributed by atoms with Gasteiger partial charge in [0.05, 0.1) is 21.6 Å². The van der Waals surface area contributed by atoms with Gasteiger partial charge in [0.15, 0.2) is 9.84 Å². The first-order valence-corrected chi connectivity index (χ1v) is 12.9. The zero-order valence-corrected chi connectivity index (χ0v) is 20.0. The lowest BCUT2D eigenvalue weighted by Crippen LogP contribution is -2.40. The number of sulfone groups is 1. The van der Waals surface area contributed by atoms with Crippen molar-refractivity contribution in [2.24, 2.45) is 5.73 Å². The van der Waals surface area contributed by atoms with E-state index in [1.807, 2.05) is 40.2 Å². The molecule has 1 unspecified atom stereocenters. The second kappa shape index (κ2) is 7.76. The van der Waals surface area contributed by atoms with E-state index >= 15 is 0 Å². The van der Waals surface area contributed by atoms with Crippen molar-refractivity contribution in [1.82, 2.24) is 9.88 Å². The standard InChI is InChI=1S/C23H29N3O3S2/c1-23(2)11-14(7-8-31(23,28)29)19-12-25-21-17(19)9-15(10-18(21)22(24)27)20-6-5-16(30-20)13-26(3)4/h5-6,9-10,12,14,25H,7-8,11,13H2,1-4H3,(H2,24,27). The maximum Gasteiger partial charge on any atom is 0.250 e. The minimum absolute atomic E-state index is 0.107. The molecule has 1 aromatic carbocycles. The van der Waals surface area contributed by atoms with Gasteiger partial charge in [-0.2, -0.15) is 0 Å². The Morgan fingerprint density at radius 2 is 2.03 bits per heavy atom. The summed E-state index contributed by atoms with van der Waals surface area (Å²) in [5.41, 5.74) is 8.93. The summed E-state index contributed by atoms with van der Waals surface area (Å²) in [5, 5.41) is 0.953. The van der Waals surface area contributed by atoms with E-state index in [0.717, 1.165) is 33.5 Å². The number of H-pyrrole nitrogens is 1. The molecule has 3 N–H and O–H groups in total. The molecule has 31 heavy (non-hydrogen) atoms. The second-order valence-electron chi connectivity index (χ2n) is 9.33. The van der Waals surface area contributed by atoms with E-state index in [1.165, 1.54) is 4.88 Å². The first-order chi connectivity index (χ1) is 14.5. The van der Waals surface area contributed by atoms with Gasteiger partial charge < -0.3 is 15.6 Å². The first-order valence-electron chi connectivity index (χ1n) is 10.4. The monoisotopic (exact) mass is 459 g/mol. The maximum atomic E-state index is 12.5. The van der Waals surface area contributed by atoms with Crippen molar-refractivity contribution in [1.29, 1.82) is 0 Å². The number of nitrogens with two attached hydrogens (primary N) is 1. The highest BCUT2D eigenvalue weighted by atomic mass is 32.2. The lowest BCUT2D eigenvalue weighted by Gasteiger charge is -2.34. The molecule has 1 saturated heterocycles. The number of nitrogens with zero attached hydrogens (tertiary/aromatic N) is 1. The molecule has 0 spiro atoms. The fraction of sp³-hybridized carbons (Fsp3) is 0.435. The number of fused-ring (bicyclic) bond motifs is 1. The molecule has 1 aliphatic heterocycles. The predicted molar refractivity (Wildman–Crippen MR) is 127 cm³/mol. The van der Waals surface area contributed by atoms with Crippen LogP contribution in [0.15, 0.2) is 30.5 Å². The van der Waals surface area contributed by atoms with Gasteiger partial charge >= 0.3 is 0 Å². The Morgan fingerprint density at radius 1 is 1.29 bits per heavy atom. The Kier molecular flexibility index (Phi) is 5.52. The second-order valence-corrected chi connectivity index (χ2v) is 13.2. The third-order valence-electron chi connectivity index (χ3n) is 6.26. The number of primary amides is 1. The van der Waals surface area contributed by atoms with Crippen LogP contribution < -0.4 is 5.73 Å². The molecule has 8 heteroatoms. The molecular weight excluding hydrogens is 430 g/mol. The maximum absolute atomic E-state index is 12.5. The molecule has 6 nitrogen and oxygen atoms in total. The molecule has 1 amide bonds. The van der Waals surface area contributed by atoms with Crippen LogP contribution in [0.25, 0.3) is 21.3 Å². The molecule has 1 fully saturated rings. The number of thiophene rings is 1. The summed E-state index contributed by atoms with van der Waals surface area (Å²) < 4.78 is 24.2. The van der Waals surface area contributed by atoms with Crippen LogP contribution in [0, 0.1) is 0 Å². The van der Waals surface area contributed by atoms with E-state index in [4.69, 9.17) is 5.73 Å². The quantitative estimate of drug-likeness (QED) is 0.600. The zero-order valence-electron chi connectivity index (χ0n) is 18.4. The molecule has 0 bridgehead atoms. The molecule has 4 rings (SSSR count). The number of aromatic amines is 1. The summed E-state index contributed by atoms with van der Waals surface area (Å²) in [5.74, 6) is -0.189. The number of benzene rings is 1. The molecule has 2 aromatic heterocycles. The summed E-state index contributed by atoms with van der Waals surface area (Å²) in [6.45, 7) is 4.47. The first kappa shape index (κ1) is 22.0. The fourth-order valence-electron chi connectivity index (χ4n) is 4.52. The molecule has 3 heterocycles. The zero-order chi connectivity index (χ0) is 22.6. The summed E-state index contributed by atoms with van der Waals surface area (Å²) in [6.07, 6.45) is 3.07. The van der Waals surface area contributed by atoms with Gasteiger partial charge in [-0.25, -0.2) is 8.42 Å². The number of rotatable bonds is 5. The highest BCUT2D eigenvalue weighted by Gasteiger charge is 2.41. The summed E-state index contributed by atoms with van der Waals surface area (Å²) in [6, 6.07) is 8.15. The molecule has 1 aliphatic rings. The minimum atomic E-state index is -3.10. The van der Waals surface area contributed by atoms with Crippen LogP contribution in [0.1, 0.15) is 53.4 Å². The molecule has 1 atom stereocenters. The molecule has 166 valence electrons.